The number of amides is 1. The Morgan fingerprint density at radius 1 is 1.00 bits per heavy atom. The molecule has 1 saturated carbocycles. The zero-order chi connectivity index (χ0) is 32.0. The van der Waals surface area contributed by atoms with Gasteiger partial charge in [0, 0.05) is 77.2 Å². The van der Waals surface area contributed by atoms with Crippen LogP contribution < -0.4 is 10.6 Å². The number of likely N-dealkylation sites (tertiary alicyclic amines) is 3. The lowest BCUT2D eigenvalue weighted by atomic mass is 9.83. The number of β-amino-alcohol motifs (C(OH)–C–C–N with tert-alkyl or cyclic N) is 1. The van der Waals surface area contributed by atoms with Gasteiger partial charge in [0.05, 0.1) is 24.2 Å². The molecule has 6 N–H and O–H groups in total. The molecule has 1 aliphatic carbocycles. The molecule has 0 bridgehead atoms. The van der Waals surface area contributed by atoms with Crippen LogP contribution in [-0.4, -0.2) is 155 Å². The van der Waals surface area contributed by atoms with E-state index >= 15 is 4.39 Å². The van der Waals surface area contributed by atoms with Crippen molar-refractivity contribution in [3.63, 3.8) is 0 Å². The largest absolute Gasteiger partial charge is 0.394 e. The summed E-state index contributed by atoms with van der Waals surface area (Å²) in [5, 5.41) is 46.0. The molecule has 7 atom stereocenters. The number of ether oxygens (including phenoxy) is 1. The second-order valence-electron chi connectivity index (χ2n) is 14.6. The number of carbonyl (C=O) groups is 1. The van der Waals surface area contributed by atoms with Crippen molar-refractivity contribution in [1.82, 2.24) is 25.3 Å². The highest BCUT2D eigenvalue weighted by atomic mass is 35.5. The molecule has 13 heteroatoms. The summed E-state index contributed by atoms with van der Waals surface area (Å²) in [6.07, 6.45) is 3.61. The van der Waals surface area contributed by atoms with E-state index < -0.39 is 31.1 Å². The first-order valence-electron chi connectivity index (χ1n) is 17.4. The Morgan fingerprint density at radius 2 is 1.73 bits per heavy atom. The molecule has 4 unspecified atom stereocenters. The summed E-state index contributed by atoms with van der Waals surface area (Å²) < 4.78 is 21.3. The van der Waals surface area contributed by atoms with Gasteiger partial charge >= 0.3 is 0 Å². The summed E-state index contributed by atoms with van der Waals surface area (Å²) >= 11 is 6.17. The molecular formula is C32H57ClFN5O6. The minimum absolute atomic E-state index is 0.0307. The van der Waals surface area contributed by atoms with Gasteiger partial charge in [0.15, 0.2) is 0 Å². The van der Waals surface area contributed by atoms with Gasteiger partial charge < -0.3 is 35.0 Å². The number of nitrogens with one attached hydrogen (secondary N) is 2. The second-order valence-corrected chi connectivity index (χ2v) is 15.2. The summed E-state index contributed by atoms with van der Waals surface area (Å²) in [4.78, 5) is 19.6. The number of aliphatic hydroxyl groups is 4. The van der Waals surface area contributed by atoms with Crippen LogP contribution in [0.2, 0.25) is 0 Å². The molecule has 11 nitrogen and oxygen atoms in total. The predicted octanol–water partition coefficient (Wildman–Crippen LogP) is 0.475. The number of carbonyl (C=O) groups excluding carboxylic acids is 1. The fraction of sp³-hybridized carbons (Fsp3) is 0.969. The number of nitrogens with zero attached hydrogens (tertiary/aromatic N) is 3. The smallest absolute Gasteiger partial charge is 0.222 e. The van der Waals surface area contributed by atoms with Crippen LogP contribution in [0.1, 0.15) is 64.2 Å². The van der Waals surface area contributed by atoms with Gasteiger partial charge in [-0.2, -0.15) is 0 Å². The van der Waals surface area contributed by atoms with E-state index in [0.29, 0.717) is 45.0 Å². The maximum Gasteiger partial charge on any atom is 0.222 e. The van der Waals surface area contributed by atoms with Crippen LogP contribution in [-0.2, 0) is 9.53 Å². The molecule has 5 fully saturated rings. The molecule has 260 valence electrons. The Morgan fingerprint density at radius 3 is 2.44 bits per heavy atom. The van der Waals surface area contributed by atoms with Crippen molar-refractivity contribution in [2.75, 3.05) is 72.1 Å². The third kappa shape index (κ3) is 9.70. The van der Waals surface area contributed by atoms with Crippen LogP contribution >= 0.6 is 11.6 Å². The van der Waals surface area contributed by atoms with Crippen molar-refractivity contribution in [2.24, 2.45) is 17.3 Å². The van der Waals surface area contributed by atoms with Gasteiger partial charge in [0.25, 0.3) is 0 Å². The molecule has 4 saturated heterocycles. The van der Waals surface area contributed by atoms with E-state index in [1.54, 1.807) is 0 Å². The predicted molar refractivity (Wildman–Crippen MR) is 169 cm³/mol. The molecular weight excluding hydrogens is 605 g/mol. The average molecular weight is 662 g/mol. The first kappa shape index (κ1) is 35.6. The van der Waals surface area contributed by atoms with Gasteiger partial charge in [-0.3, -0.25) is 20.3 Å². The quantitative estimate of drug-likeness (QED) is 0.122. The number of halogens is 2. The molecule has 0 radical (unpaired) electrons. The number of piperidine rings is 1. The van der Waals surface area contributed by atoms with Crippen molar-refractivity contribution in [1.29, 1.82) is 0 Å². The number of alkyl halides is 2. The third-order valence-electron chi connectivity index (χ3n) is 11.2. The maximum atomic E-state index is 15.2. The summed E-state index contributed by atoms with van der Waals surface area (Å²) in [5.41, 5.74) is -0.0498. The standard InChI is InChI=1S/C32H57ClFN5O6/c33-24-16-35-31(36-17-24)38-9-5-22(6-10-38)2-1-13-45-25-4-3-23(26(34)15-25)14-29(43)39-12-8-32(21-39)7-11-37(20-32)18-27(41)30(44)28(42)19-40/h22-28,30-31,35-36,40-42,44H,1-21H2/t23?,24?,25?,26?,27-,28+,30-,31?,32?/m0/s1. The minimum atomic E-state index is -1.40. The number of hydrogen-bond donors (Lipinski definition) is 6. The van der Waals surface area contributed by atoms with E-state index in [-0.39, 0.29) is 48.0 Å². The molecule has 0 aromatic rings. The van der Waals surface area contributed by atoms with Crippen LogP contribution in [0.4, 0.5) is 4.39 Å². The normalized spacial score (nSPS) is 36.0. The highest BCUT2D eigenvalue weighted by Gasteiger charge is 2.46. The molecule has 4 aliphatic heterocycles. The van der Waals surface area contributed by atoms with Crippen LogP contribution in [0.15, 0.2) is 0 Å². The first-order valence-corrected chi connectivity index (χ1v) is 17.8. The molecule has 1 amide bonds. The van der Waals surface area contributed by atoms with Crippen LogP contribution in [0.3, 0.4) is 0 Å². The summed E-state index contributed by atoms with van der Waals surface area (Å²) in [5.74, 6) is 0.493. The number of hydrogen-bond acceptors (Lipinski definition) is 10. The van der Waals surface area contributed by atoms with E-state index in [0.717, 1.165) is 64.8 Å². The average Bonchev–Trinajstić information content (AvgIpc) is 3.65. The Bertz CT molecular complexity index is 928. The minimum Gasteiger partial charge on any atom is -0.394 e. The number of rotatable bonds is 13. The van der Waals surface area contributed by atoms with Crippen molar-refractivity contribution >= 4 is 17.5 Å². The Balaban J connectivity index is 0.937. The zero-order valence-electron chi connectivity index (χ0n) is 26.7. The van der Waals surface area contributed by atoms with E-state index in [4.69, 9.17) is 21.4 Å². The van der Waals surface area contributed by atoms with E-state index in [2.05, 4.69) is 20.4 Å². The second kappa shape index (κ2) is 16.6. The van der Waals surface area contributed by atoms with Gasteiger partial charge in [-0.25, -0.2) is 4.39 Å². The number of aliphatic hydroxyl groups excluding tert-OH is 4. The Hall–Kier alpha value is -0.670. The molecule has 45 heavy (non-hydrogen) atoms. The zero-order valence-corrected chi connectivity index (χ0v) is 27.5. The Kier molecular flexibility index (Phi) is 13.2. The van der Waals surface area contributed by atoms with E-state index in [1.807, 2.05) is 4.90 Å². The monoisotopic (exact) mass is 661 g/mol. The van der Waals surface area contributed by atoms with E-state index in [9.17, 15) is 20.1 Å². The summed E-state index contributed by atoms with van der Waals surface area (Å²) in [6.45, 7) is 6.86. The van der Waals surface area contributed by atoms with Gasteiger partial charge in [0.2, 0.25) is 5.91 Å². The van der Waals surface area contributed by atoms with E-state index in [1.165, 1.54) is 12.8 Å². The molecule has 5 rings (SSSR count). The van der Waals surface area contributed by atoms with Crippen molar-refractivity contribution in [2.45, 2.75) is 106 Å². The third-order valence-corrected chi connectivity index (χ3v) is 11.5. The molecule has 5 aliphatic rings. The SMILES string of the molecule is O=C(CC1CCC(OCCCC2CCN(C3NCC(Cl)CN3)CC2)CC1F)N1CCC2(CCN(C[C@H](O)[C@H](O)[C@H](O)CO)C2)C1. The molecule has 4 heterocycles. The van der Waals surface area contributed by atoms with Gasteiger partial charge in [-0.05, 0) is 69.7 Å². The van der Waals surface area contributed by atoms with Gasteiger partial charge in [-0.1, -0.05) is 0 Å². The highest BCUT2D eigenvalue weighted by Crippen LogP contribution is 2.41. The van der Waals surface area contributed by atoms with Crippen molar-refractivity contribution in [3.05, 3.63) is 0 Å². The van der Waals surface area contributed by atoms with Crippen molar-refractivity contribution < 1.29 is 34.3 Å². The topological polar surface area (TPSA) is 141 Å². The molecule has 0 aromatic carbocycles. The fourth-order valence-electron chi connectivity index (χ4n) is 8.28. The lowest BCUT2D eigenvalue weighted by Crippen LogP contribution is -2.62. The molecule has 1 spiro atoms. The summed E-state index contributed by atoms with van der Waals surface area (Å²) in [7, 11) is 0. The highest BCUT2D eigenvalue weighted by molar-refractivity contribution is 6.21. The van der Waals surface area contributed by atoms with Crippen LogP contribution in [0, 0.1) is 17.3 Å². The summed E-state index contributed by atoms with van der Waals surface area (Å²) in [6, 6.07) is 0. The lowest BCUT2D eigenvalue weighted by Gasteiger charge is -2.41. The van der Waals surface area contributed by atoms with Gasteiger partial charge in [-0.15, -0.1) is 11.6 Å². The van der Waals surface area contributed by atoms with Crippen LogP contribution in [0.5, 0.6) is 0 Å². The lowest BCUT2D eigenvalue weighted by molar-refractivity contribution is -0.133. The molecule has 0 aromatic heterocycles. The first-order chi connectivity index (χ1) is 21.6. The maximum absolute atomic E-state index is 15.2. The van der Waals surface area contributed by atoms with Crippen LogP contribution in [0.25, 0.3) is 0 Å². The van der Waals surface area contributed by atoms with Crippen molar-refractivity contribution in [3.8, 4) is 0 Å². The fourth-order valence-corrected chi connectivity index (χ4v) is 8.46. The van der Waals surface area contributed by atoms with Gasteiger partial charge in [0.1, 0.15) is 24.7 Å². The Labute approximate surface area is 272 Å².